The highest BCUT2D eigenvalue weighted by atomic mass is 16.2. The van der Waals surface area contributed by atoms with Gasteiger partial charge in [-0.1, -0.05) is 12.1 Å². The monoisotopic (exact) mass is 312 g/mol. The van der Waals surface area contributed by atoms with Crippen LogP contribution in [0.2, 0.25) is 0 Å². The van der Waals surface area contributed by atoms with Crippen LogP contribution in [0.1, 0.15) is 61.3 Å². The summed E-state index contributed by atoms with van der Waals surface area (Å²) in [6.45, 7) is 9.90. The summed E-state index contributed by atoms with van der Waals surface area (Å²) in [6.07, 6.45) is 2.07. The van der Waals surface area contributed by atoms with E-state index >= 15 is 0 Å². The van der Waals surface area contributed by atoms with E-state index in [-0.39, 0.29) is 28.9 Å². The van der Waals surface area contributed by atoms with E-state index in [2.05, 4.69) is 32.6 Å². The minimum absolute atomic E-state index is 0.00319. The standard InChI is InChI=1S/C19H24N2O2/c1-18(2)9-12-10-19(3,4)20(18)11-15(12)21-16(22)13-7-5-6-8-14(13)17(21)23/h5-8,12,15H,9-11H2,1-4H3. The third-order valence-corrected chi connectivity index (χ3v) is 6.06. The van der Waals surface area contributed by atoms with Gasteiger partial charge in [0.25, 0.3) is 11.8 Å². The van der Waals surface area contributed by atoms with Crippen molar-refractivity contribution in [2.24, 2.45) is 5.92 Å². The lowest BCUT2D eigenvalue weighted by molar-refractivity contribution is -0.123. The number of carbonyl (C=O) groups excluding carboxylic acids is 2. The van der Waals surface area contributed by atoms with Crippen LogP contribution in [-0.2, 0) is 0 Å². The smallest absolute Gasteiger partial charge is 0.261 e. The molecule has 4 heterocycles. The Labute approximate surface area is 137 Å². The molecule has 0 radical (unpaired) electrons. The molecule has 4 heteroatoms. The fraction of sp³-hybridized carbons (Fsp3) is 0.579. The molecule has 122 valence electrons. The zero-order valence-electron chi connectivity index (χ0n) is 14.3. The van der Waals surface area contributed by atoms with Gasteiger partial charge in [0, 0.05) is 17.6 Å². The second kappa shape index (κ2) is 4.44. The van der Waals surface area contributed by atoms with Crippen molar-refractivity contribution in [2.75, 3.05) is 6.54 Å². The second-order valence-electron chi connectivity index (χ2n) is 8.50. The molecule has 4 aliphatic rings. The van der Waals surface area contributed by atoms with Gasteiger partial charge in [0.05, 0.1) is 17.2 Å². The molecule has 0 aromatic heterocycles. The first kappa shape index (κ1) is 14.9. The van der Waals surface area contributed by atoms with Gasteiger partial charge < -0.3 is 0 Å². The summed E-state index contributed by atoms with van der Waals surface area (Å²) in [7, 11) is 0. The number of fused-ring (bicyclic) bond motifs is 4. The molecule has 4 nitrogen and oxygen atoms in total. The number of nitrogens with zero attached hydrogens (tertiary/aromatic N) is 2. The van der Waals surface area contributed by atoms with Crippen molar-refractivity contribution in [3.8, 4) is 0 Å². The topological polar surface area (TPSA) is 40.6 Å². The lowest BCUT2D eigenvalue weighted by Gasteiger charge is -2.63. The van der Waals surface area contributed by atoms with Crippen LogP contribution < -0.4 is 0 Å². The predicted molar refractivity (Wildman–Crippen MR) is 88.3 cm³/mol. The van der Waals surface area contributed by atoms with E-state index in [1.807, 2.05) is 12.1 Å². The first-order chi connectivity index (χ1) is 10.7. The highest BCUT2D eigenvalue weighted by Crippen LogP contribution is 2.49. The van der Waals surface area contributed by atoms with Crippen molar-refractivity contribution >= 4 is 11.8 Å². The van der Waals surface area contributed by atoms with Crippen molar-refractivity contribution in [3.05, 3.63) is 35.4 Å². The molecule has 1 aromatic carbocycles. The Hall–Kier alpha value is -1.68. The Balaban J connectivity index is 1.70. The number of benzene rings is 1. The Morgan fingerprint density at radius 3 is 1.83 bits per heavy atom. The molecule has 0 spiro atoms. The number of carbonyl (C=O) groups is 2. The lowest BCUT2D eigenvalue weighted by Crippen LogP contribution is -2.71. The van der Waals surface area contributed by atoms with Crippen LogP contribution >= 0.6 is 0 Å². The number of imide groups is 1. The van der Waals surface area contributed by atoms with Gasteiger partial charge in [-0.2, -0.15) is 0 Å². The van der Waals surface area contributed by atoms with Gasteiger partial charge in [0.2, 0.25) is 0 Å². The zero-order valence-corrected chi connectivity index (χ0v) is 14.3. The van der Waals surface area contributed by atoms with Gasteiger partial charge in [-0.3, -0.25) is 19.4 Å². The van der Waals surface area contributed by atoms with E-state index in [0.717, 1.165) is 19.4 Å². The van der Waals surface area contributed by atoms with E-state index in [0.29, 0.717) is 17.0 Å². The lowest BCUT2D eigenvalue weighted by atomic mass is 9.66. The molecule has 0 aliphatic carbocycles. The van der Waals surface area contributed by atoms with Crippen LogP contribution in [0.25, 0.3) is 0 Å². The van der Waals surface area contributed by atoms with Gasteiger partial charge in [0.15, 0.2) is 0 Å². The first-order valence-corrected chi connectivity index (χ1v) is 8.47. The summed E-state index contributed by atoms with van der Waals surface area (Å²) >= 11 is 0. The molecule has 3 fully saturated rings. The number of hydrogen-bond acceptors (Lipinski definition) is 3. The minimum Gasteiger partial charge on any atom is -0.291 e. The van der Waals surface area contributed by atoms with Crippen LogP contribution in [0.3, 0.4) is 0 Å². The van der Waals surface area contributed by atoms with Crippen LogP contribution in [0, 0.1) is 5.92 Å². The summed E-state index contributed by atoms with van der Waals surface area (Å²) in [5.41, 5.74) is 1.38. The highest BCUT2D eigenvalue weighted by Gasteiger charge is 2.56. The molecule has 2 bridgehead atoms. The molecular weight excluding hydrogens is 288 g/mol. The van der Waals surface area contributed by atoms with E-state index in [1.165, 1.54) is 0 Å². The maximum absolute atomic E-state index is 12.8. The summed E-state index contributed by atoms with van der Waals surface area (Å²) in [5, 5.41) is 0. The van der Waals surface area contributed by atoms with Gasteiger partial charge in [0.1, 0.15) is 0 Å². The Bertz CT molecular complexity index is 654. The Morgan fingerprint density at radius 1 is 0.913 bits per heavy atom. The summed E-state index contributed by atoms with van der Waals surface area (Å²) < 4.78 is 0. The maximum atomic E-state index is 12.8. The molecular formula is C19H24N2O2. The van der Waals surface area contributed by atoms with E-state index in [9.17, 15) is 9.59 Å². The third kappa shape index (κ3) is 1.94. The first-order valence-electron chi connectivity index (χ1n) is 8.47. The molecule has 1 unspecified atom stereocenters. The molecule has 0 saturated carbocycles. The van der Waals surface area contributed by atoms with Crippen LogP contribution in [-0.4, -0.2) is 45.3 Å². The molecule has 3 saturated heterocycles. The van der Waals surface area contributed by atoms with Crippen LogP contribution in [0.4, 0.5) is 0 Å². The highest BCUT2D eigenvalue weighted by molar-refractivity contribution is 6.21. The average Bonchev–Trinajstić information content (AvgIpc) is 2.70. The van der Waals surface area contributed by atoms with Crippen LogP contribution in [0.5, 0.6) is 0 Å². The predicted octanol–water partition coefficient (Wildman–Crippen LogP) is 2.93. The SMILES string of the molecule is CC1(C)CC2CC(C)(C)N1CC2N1C(=O)c2ccccc2C1=O. The number of rotatable bonds is 1. The normalized spacial score (nSPS) is 33.9. The van der Waals surface area contributed by atoms with Crippen molar-refractivity contribution in [1.82, 2.24) is 9.80 Å². The van der Waals surface area contributed by atoms with E-state index < -0.39 is 0 Å². The Kier molecular flexibility index (Phi) is 2.87. The van der Waals surface area contributed by atoms with Crippen molar-refractivity contribution in [3.63, 3.8) is 0 Å². The molecule has 4 aliphatic heterocycles. The minimum atomic E-state index is -0.111. The number of amides is 2. The second-order valence-corrected chi connectivity index (χ2v) is 8.50. The zero-order chi connectivity index (χ0) is 16.6. The fourth-order valence-electron chi connectivity index (χ4n) is 5.30. The summed E-state index contributed by atoms with van der Waals surface area (Å²) in [4.78, 5) is 29.6. The number of piperidine rings is 3. The average molecular weight is 312 g/mol. The maximum Gasteiger partial charge on any atom is 0.261 e. The fourth-order valence-corrected chi connectivity index (χ4v) is 5.30. The molecule has 1 atom stereocenters. The number of hydrogen-bond donors (Lipinski definition) is 0. The van der Waals surface area contributed by atoms with Gasteiger partial charge in [-0.05, 0) is 58.6 Å². The summed E-state index contributed by atoms with van der Waals surface area (Å²) in [6, 6.07) is 7.20. The molecule has 1 aromatic rings. The molecule has 2 amide bonds. The largest absolute Gasteiger partial charge is 0.291 e. The van der Waals surface area contributed by atoms with E-state index in [1.54, 1.807) is 17.0 Å². The van der Waals surface area contributed by atoms with E-state index in [4.69, 9.17) is 0 Å². The third-order valence-electron chi connectivity index (χ3n) is 6.06. The quantitative estimate of drug-likeness (QED) is 0.749. The van der Waals surface area contributed by atoms with Gasteiger partial charge in [-0.25, -0.2) is 0 Å². The van der Waals surface area contributed by atoms with Gasteiger partial charge in [-0.15, -0.1) is 0 Å². The van der Waals surface area contributed by atoms with Crippen LogP contribution in [0.15, 0.2) is 24.3 Å². The summed E-state index contributed by atoms with van der Waals surface area (Å²) in [5.74, 6) is 0.159. The van der Waals surface area contributed by atoms with Gasteiger partial charge >= 0.3 is 0 Å². The van der Waals surface area contributed by atoms with Crippen molar-refractivity contribution < 1.29 is 9.59 Å². The van der Waals surface area contributed by atoms with Crippen molar-refractivity contribution in [1.29, 1.82) is 0 Å². The van der Waals surface area contributed by atoms with Crippen molar-refractivity contribution in [2.45, 2.75) is 57.7 Å². The molecule has 23 heavy (non-hydrogen) atoms. The molecule has 5 rings (SSSR count). The Morgan fingerprint density at radius 2 is 1.39 bits per heavy atom. The molecule has 0 N–H and O–H groups in total.